The first-order valence-electron chi connectivity index (χ1n) is 5.36. The maximum Gasteiger partial charge on any atom is 0.331 e. The average Bonchev–Trinajstić information content (AvgIpc) is 2.18. The number of rotatable bonds is 5. The Balaban J connectivity index is 2.17. The van der Waals surface area contributed by atoms with Gasteiger partial charge >= 0.3 is 5.97 Å². The van der Waals surface area contributed by atoms with Crippen molar-refractivity contribution in [3.05, 3.63) is 24.3 Å². The lowest BCUT2D eigenvalue weighted by molar-refractivity contribution is -0.141. The molecule has 1 heterocycles. The molecule has 14 heavy (non-hydrogen) atoms. The summed E-state index contributed by atoms with van der Waals surface area (Å²) in [5.74, 6) is -0.223. The van der Waals surface area contributed by atoms with E-state index in [9.17, 15) is 4.79 Å². The van der Waals surface area contributed by atoms with Gasteiger partial charge in [-0.2, -0.15) is 0 Å². The molecule has 0 amide bonds. The predicted octanol–water partition coefficient (Wildman–Crippen LogP) is 2.99. The Morgan fingerprint density at radius 2 is 2.43 bits per heavy atom. The molecule has 0 spiro atoms. The molecule has 0 saturated carbocycles. The third kappa shape index (κ3) is 4.26. The van der Waals surface area contributed by atoms with Crippen molar-refractivity contribution in [3.8, 4) is 0 Å². The van der Waals surface area contributed by atoms with Crippen molar-refractivity contribution in [2.75, 3.05) is 0 Å². The van der Waals surface area contributed by atoms with Crippen molar-refractivity contribution in [3.63, 3.8) is 0 Å². The summed E-state index contributed by atoms with van der Waals surface area (Å²) in [5.41, 5.74) is 0. The maximum absolute atomic E-state index is 10.9. The molecular formula is C12H18O2. The number of hydrogen-bond donors (Lipinski definition) is 0. The summed E-state index contributed by atoms with van der Waals surface area (Å²) in [5, 5.41) is 0. The van der Waals surface area contributed by atoms with Gasteiger partial charge in [0.1, 0.15) is 6.10 Å². The normalized spacial score (nSPS) is 21.5. The number of cyclic esters (lactones) is 1. The van der Waals surface area contributed by atoms with E-state index < -0.39 is 0 Å². The highest BCUT2D eigenvalue weighted by Crippen LogP contribution is 2.09. The molecule has 0 aromatic heterocycles. The number of esters is 1. The van der Waals surface area contributed by atoms with Gasteiger partial charge in [0.25, 0.3) is 0 Å². The molecule has 1 atom stereocenters. The molecule has 1 rings (SSSR count). The van der Waals surface area contributed by atoms with Crippen LogP contribution in [0.4, 0.5) is 0 Å². The average molecular weight is 194 g/mol. The lowest BCUT2D eigenvalue weighted by atomic mass is 10.1. The molecular weight excluding hydrogens is 176 g/mol. The molecule has 1 aliphatic heterocycles. The van der Waals surface area contributed by atoms with E-state index in [0.29, 0.717) is 0 Å². The minimum atomic E-state index is -0.223. The lowest BCUT2D eigenvalue weighted by Crippen LogP contribution is -2.17. The highest BCUT2D eigenvalue weighted by atomic mass is 16.5. The third-order valence-electron chi connectivity index (χ3n) is 2.21. The number of carbonyl (C=O) groups is 1. The summed E-state index contributed by atoms with van der Waals surface area (Å²) in [7, 11) is 0. The maximum atomic E-state index is 10.9. The van der Waals surface area contributed by atoms with Gasteiger partial charge in [-0.05, 0) is 18.9 Å². The van der Waals surface area contributed by atoms with Crippen LogP contribution in [-0.2, 0) is 9.53 Å². The highest BCUT2D eigenvalue weighted by molar-refractivity contribution is 5.82. The first-order chi connectivity index (χ1) is 6.83. The Labute approximate surface area is 85.6 Å². The van der Waals surface area contributed by atoms with Crippen LogP contribution in [-0.4, -0.2) is 12.1 Å². The number of allylic oxidation sites excluding steroid dienone is 1. The second-order valence-electron chi connectivity index (χ2n) is 3.54. The summed E-state index contributed by atoms with van der Waals surface area (Å²) >= 11 is 0. The van der Waals surface area contributed by atoms with Gasteiger partial charge in [-0.25, -0.2) is 4.79 Å². The molecule has 0 aromatic carbocycles. The van der Waals surface area contributed by atoms with E-state index in [1.807, 2.05) is 12.2 Å². The van der Waals surface area contributed by atoms with E-state index in [2.05, 4.69) is 13.0 Å². The van der Waals surface area contributed by atoms with Gasteiger partial charge in [-0.15, -0.1) is 0 Å². The van der Waals surface area contributed by atoms with Gasteiger partial charge < -0.3 is 4.74 Å². The van der Waals surface area contributed by atoms with Crippen molar-refractivity contribution in [2.45, 2.75) is 45.1 Å². The number of unbranched alkanes of at least 4 members (excludes halogenated alkanes) is 3. The Bertz CT molecular complexity index is 228. The predicted molar refractivity (Wildman–Crippen MR) is 56.9 cm³/mol. The summed E-state index contributed by atoms with van der Waals surface area (Å²) in [4.78, 5) is 10.9. The van der Waals surface area contributed by atoms with Crippen LogP contribution < -0.4 is 0 Å². The fourth-order valence-corrected chi connectivity index (χ4v) is 1.41. The van der Waals surface area contributed by atoms with Crippen molar-refractivity contribution >= 4 is 5.97 Å². The minimum absolute atomic E-state index is 0.0332. The molecule has 0 aromatic rings. The number of ether oxygens (including phenoxy) is 1. The Hall–Kier alpha value is -1.05. The Morgan fingerprint density at radius 3 is 3.14 bits per heavy atom. The van der Waals surface area contributed by atoms with Gasteiger partial charge in [0.05, 0.1) is 0 Å². The fraction of sp³-hybridized carbons (Fsp3) is 0.583. The number of carbonyl (C=O) groups excluding carboxylic acids is 1. The van der Waals surface area contributed by atoms with Crippen LogP contribution in [0.2, 0.25) is 0 Å². The molecule has 1 aliphatic rings. The van der Waals surface area contributed by atoms with Crippen molar-refractivity contribution in [1.29, 1.82) is 0 Å². The van der Waals surface area contributed by atoms with E-state index in [4.69, 9.17) is 4.74 Å². The molecule has 0 radical (unpaired) electrons. The Kier molecular flexibility index (Phi) is 5.05. The first kappa shape index (κ1) is 11.0. The first-order valence-corrected chi connectivity index (χ1v) is 5.36. The zero-order valence-electron chi connectivity index (χ0n) is 8.74. The molecule has 0 fully saturated rings. The van der Waals surface area contributed by atoms with E-state index in [-0.39, 0.29) is 12.1 Å². The summed E-state index contributed by atoms with van der Waals surface area (Å²) in [6, 6.07) is 0. The molecule has 2 heteroatoms. The van der Waals surface area contributed by atoms with E-state index >= 15 is 0 Å². The Morgan fingerprint density at radius 1 is 1.57 bits per heavy atom. The van der Waals surface area contributed by atoms with Crippen molar-refractivity contribution < 1.29 is 9.53 Å². The molecule has 0 bridgehead atoms. The highest BCUT2D eigenvalue weighted by Gasteiger charge is 2.11. The summed E-state index contributed by atoms with van der Waals surface area (Å²) < 4.78 is 5.08. The van der Waals surface area contributed by atoms with E-state index in [1.54, 1.807) is 0 Å². The van der Waals surface area contributed by atoms with Crippen molar-refractivity contribution in [2.24, 2.45) is 0 Å². The molecule has 0 N–H and O–H groups in total. The monoisotopic (exact) mass is 194 g/mol. The van der Waals surface area contributed by atoms with Crippen LogP contribution in [0.5, 0.6) is 0 Å². The van der Waals surface area contributed by atoms with Gasteiger partial charge in [0.2, 0.25) is 0 Å². The third-order valence-corrected chi connectivity index (χ3v) is 2.21. The lowest BCUT2D eigenvalue weighted by Gasteiger charge is -2.14. The van der Waals surface area contributed by atoms with Crippen LogP contribution in [0.3, 0.4) is 0 Å². The smallest absolute Gasteiger partial charge is 0.331 e. The fourth-order valence-electron chi connectivity index (χ4n) is 1.41. The second-order valence-corrected chi connectivity index (χ2v) is 3.54. The van der Waals surface area contributed by atoms with Gasteiger partial charge in [0.15, 0.2) is 0 Å². The summed E-state index contributed by atoms with van der Waals surface area (Å²) in [6.45, 7) is 2.19. The van der Waals surface area contributed by atoms with Crippen LogP contribution in [0.15, 0.2) is 24.3 Å². The quantitative estimate of drug-likeness (QED) is 0.382. The molecule has 2 nitrogen and oxygen atoms in total. The zero-order valence-corrected chi connectivity index (χ0v) is 8.74. The molecule has 0 unspecified atom stereocenters. The van der Waals surface area contributed by atoms with Crippen LogP contribution in [0.25, 0.3) is 0 Å². The topological polar surface area (TPSA) is 26.3 Å². The van der Waals surface area contributed by atoms with Gasteiger partial charge in [0, 0.05) is 12.5 Å². The summed E-state index contributed by atoms with van der Waals surface area (Å²) in [6.07, 6.45) is 13.1. The minimum Gasteiger partial charge on any atom is -0.455 e. The molecule has 0 aliphatic carbocycles. The van der Waals surface area contributed by atoms with Crippen LogP contribution in [0.1, 0.15) is 39.0 Å². The van der Waals surface area contributed by atoms with E-state index in [0.717, 1.165) is 12.8 Å². The molecule has 0 saturated heterocycles. The number of hydrogen-bond acceptors (Lipinski definition) is 2. The van der Waals surface area contributed by atoms with Gasteiger partial charge in [-0.3, -0.25) is 0 Å². The second kappa shape index (κ2) is 6.41. The largest absolute Gasteiger partial charge is 0.455 e. The molecule has 78 valence electrons. The van der Waals surface area contributed by atoms with Gasteiger partial charge in [-0.1, -0.05) is 31.9 Å². The van der Waals surface area contributed by atoms with Crippen LogP contribution in [0, 0.1) is 0 Å². The SMILES string of the molecule is CCCCC/C=C/[C@H]1CC=CC(=O)O1. The standard InChI is InChI=1S/C12H18O2/c1-2-3-4-5-6-8-11-9-7-10-12(13)14-11/h6-8,10-11H,2-5,9H2,1H3/b8-6+/t11-/m0/s1. The van der Waals surface area contributed by atoms with E-state index in [1.165, 1.54) is 25.3 Å². The zero-order chi connectivity index (χ0) is 10.2. The van der Waals surface area contributed by atoms with Crippen LogP contribution >= 0.6 is 0 Å². The van der Waals surface area contributed by atoms with Crippen molar-refractivity contribution in [1.82, 2.24) is 0 Å².